The van der Waals surface area contributed by atoms with E-state index in [2.05, 4.69) is 95.6 Å². The molecule has 6 heterocycles. The maximum absolute atomic E-state index is 11.4. The number of hydrogen-bond acceptors (Lipinski definition) is 12. The van der Waals surface area contributed by atoms with Gasteiger partial charge in [-0.15, -0.1) is 13.2 Å². The highest BCUT2D eigenvalue weighted by Crippen LogP contribution is 2.49. The van der Waals surface area contributed by atoms with Gasteiger partial charge in [-0.25, -0.2) is 0 Å². The summed E-state index contributed by atoms with van der Waals surface area (Å²) in [4.78, 5) is 0. The minimum absolute atomic E-state index is 0.0240. The maximum Gasteiger partial charge on any atom is 0.192 e. The Bertz CT molecular complexity index is 1770. The highest BCUT2D eigenvalue weighted by atomic mass is 28.4. The first-order valence-electron chi connectivity index (χ1n) is 30.4. The Morgan fingerprint density at radius 2 is 1.36 bits per heavy atom. The molecule has 0 amide bonds. The molecule has 15 heteroatoms. The summed E-state index contributed by atoms with van der Waals surface area (Å²) in [6, 6.07) is 9.61. The van der Waals surface area contributed by atoms with Gasteiger partial charge in [0.2, 0.25) is 0 Å². The lowest BCUT2D eigenvalue weighted by Gasteiger charge is -2.47. The molecular weight excluding hydrogens is 997 g/mol. The fraction of sp³-hybridized carbons (Fsp3) is 0.867. The molecule has 2 N–H and O–H groups in total. The highest BCUT2D eigenvalue weighted by molar-refractivity contribution is 6.74. The van der Waals surface area contributed by atoms with E-state index in [-0.39, 0.29) is 85.1 Å². The molecule has 6 saturated heterocycles. The lowest BCUT2D eigenvalue weighted by molar-refractivity contribution is -0.256. The largest absolute Gasteiger partial charge is 0.414 e. The number of rotatable bonds is 33. The monoisotopic (exact) mass is 1100 g/mol. The van der Waals surface area contributed by atoms with Gasteiger partial charge in [0, 0.05) is 45.1 Å². The Hall–Kier alpha value is -0.869. The number of aliphatic hydroxyl groups excluding tert-OH is 2. The van der Waals surface area contributed by atoms with E-state index in [0.717, 1.165) is 97.6 Å². The molecular formula is C60H108O12Si3. The van der Waals surface area contributed by atoms with Crippen molar-refractivity contribution in [1.29, 1.82) is 0 Å². The SMILES string of the molecule is C=CCC(O)CC1[C@@H](OC)C(C[C@@H](CO[Si](CC)(CC)CC)O[Si](CC)(CC)CC)O[C@H]1C[C@H]1OC(CCC2OC(CC[C@]34CC(O)C(O3)[C@H]3C[C@@H](O4)C(O[Si](CC)(CC)CC)C(CC=C)O3)CC2=C)CC(C)C1=C. The van der Waals surface area contributed by atoms with Gasteiger partial charge in [-0.05, 0) is 123 Å². The lowest BCUT2D eigenvalue weighted by atomic mass is 9.81. The van der Waals surface area contributed by atoms with Crippen molar-refractivity contribution >= 4 is 25.0 Å². The van der Waals surface area contributed by atoms with Gasteiger partial charge in [0.1, 0.15) is 6.10 Å². The molecule has 11 unspecified atom stereocenters. The average molecular weight is 1110 g/mol. The Kier molecular flexibility index (Phi) is 24.2. The molecule has 0 aliphatic carbocycles. The Morgan fingerprint density at radius 1 is 0.707 bits per heavy atom. The van der Waals surface area contributed by atoms with Crippen molar-refractivity contribution in [2.75, 3.05) is 13.7 Å². The third-order valence-corrected chi connectivity index (χ3v) is 33.8. The normalized spacial score (nSPS) is 36.2. The molecule has 0 aromatic heterocycles. The Labute approximate surface area is 459 Å². The molecule has 75 heavy (non-hydrogen) atoms. The number of methoxy groups -OCH3 is 1. The van der Waals surface area contributed by atoms with Crippen molar-refractivity contribution < 1.29 is 56.6 Å². The van der Waals surface area contributed by atoms with Crippen LogP contribution in [0.3, 0.4) is 0 Å². The molecule has 0 spiro atoms. The molecule has 6 aliphatic rings. The zero-order valence-corrected chi connectivity index (χ0v) is 52.0. The molecule has 6 aliphatic heterocycles. The fourth-order valence-corrected chi connectivity index (χ4v) is 22.6. The van der Waals surface area contributed by atoms with Crippen LogP contribution >= 0.6 is 0 Å². The molecule has 0 aromatic rings. The first-order valence-corrected chi connectivity index (χ1v) is 38.0. The zero-order valence-electron chi connectivity index (χ0n) is 49.0. The molecule has 432 valence electrons. The summed E-state index contributed by atoms with van der Waals surface area (Å²) in [5.41, 5.74) is 2.22. The van der Waals surface area contributed by atoms with E-state index < -0.39 is 49.1 Å². The quantitative estimate of drug-likeness (QED) is 0.0479. The second-order valence-corrected chi connectivity index (χ2v) is 38.1. The third-order valence-electron chi connectivity index (χ3n) is 19.8. The van der Waals surface area contributed by atoms with E-state index in [9.17, 15) is 10.2 Å². The van der Waals surface area contributed by atoms with Gasteiger partial charge in [-0.1, -0.05) is 94.5 Å². The van der Waals surface area contributed by atoms with Crippen LogP contribution < -0.4 is 0 Å². The van der Waals surface area contributed by atoms with Gasteiger partial charge in [0.05, 0.1) is 92.1 Å². The predicted octanol–water partition coefficient (Wildman–Crippen LogP) is 12.9. The fourth-order valence-electron chi connectivity index (χ4n) is 14.2. The number of ether oxygens (including phenoxy) is 7. The second-order valence-electron chi connectivity index (χ2n) is 23.9. The van der Waals surface area contributed by atoms with Gasteiger partial charge < -0.3 is 56.6 Å². The lowest BCUT2D eigenvalue weighted by Crippen LogP contribution is -2.58. The van der Waals surface area contributed by atoms with Gasteiger partial charge in [0.25, 0.3) is 0 Å². The molecule has 0 radical (unpaired) electrons. The van der Waals surface area contributed by atoms with Crippen LogP contribution in [0.2, 0.25) is 54.4 Å². The maximum atomic E-state index is 11.4. The summed E-state index contributed by atoms with van der Waals surface area (Å²) in [7, 11) is -4.08. The molecule has 0 aromatic carbocycles. The minimum Gasteiger partial charge on any atom is -0.414 e. The van der Waals surface area contributed by atoms with Crippen molar-refractivity contribution in [3.63, 3.8) is 0 Å². The Balaban J connectivity index is 1.10. The van der Waals surface area contributed by atoms with Gasteiger partial charge in [-0.2, -0.15) is 0 Å². The number of fused-ring (bicyclic) bond motifs is 5. The van der Waals surface area contributed by atoms with Crippen molar-refractivity contribution in [2.24, 2.45) is 11.8 Å². The minimum atomic E-state index is -2.00. The van der Waals surface area contributed by atoms with Gasteiger partial charge in [-0.3, -0.25) is 0 Å². The second kappa shape index (κ2) is 28.7. The van der Waals surface area contributed by atoms with Crippen LogP contribution in [0.15, 0.2) is 49.6 Å². The van der Waals surface area contributed by atoms with Crippen molar-refractivity contribution in [3.8, 4) is 0 Å². The van der Waals surface area contributed by atoms with Gasteiger partial charge >= 0.3 is 0 Å². The smallest absolute Gasteiger partial charge is 0.192 e. The Morgan fingerprint density at radius 3 is 1.97 bits per heavy atom. The van der Waals surface area contributed by atoms with Crippen molar-refractivity contribution in [1.82, 2.24) is 0 Å². The van der Waals surface area contributed by atoms with E-state index in [1.165, 1.54) is 0 Å². The van der Waals surface area contributed by atoms with Crippen LogP contribution in [-0.4, -0.2) is 146 Å². The van der Waals surface area contributed by atoms with Crippen molar-refractivity contribution in [2.45, 2.75) is 304 Å². The van der Waals surface area contributed by atoms with Crippen LogP contribution in [0.5, 0.6) is 0 Å². The van der Waals surface area contributed by atoms with Crippen LogP contribution in [0.4, 0.5) is 0 Å². The molecule has 0 saturated carbocycles. The highest BCUT2D eigenvalue weighted by Gasteiger charge is 2.59. The summed E-state index contributed by atoms with van der Waals surface area (Å²) in [6.07, 6.45) is 8.94. The molecule has 4 bridgehead atoms. The summed E-state index contributed by atoms with van der Waals surface area (Å²) in [5.74, 6) is -0.711. The van der Waals surface area contributed by atoms with E-state index in [1.54, 1.807) is 13.2 Å². The first-order chi connectivity index (χ1) is 35.9. The predicted molar refractivity (Wildman–Crippen MR) is 309 cm³/mol. The number of hydrogen-bond donors (Lipinski definition) is 2. The summed E-state index contributed by atoms with van der Waals surface area (Å²) in [6.45, 7) is 40.5. The summed E-state index contributed by atoms with van der Waals surface area (Å²) in [5, 5.41) is 22.7. The molecule has 6 rings (SSSR count). The van der Waals surface area contributed by atoms with Gasteiger partial charge in [0.15, 0.2) is 30.7 Å². The molecule has 12 nitrogen and oxygen atoms in total. The van der Waals surface area contributed by atoms with E-state index in [0.29, 0.717) is 58.0 Å². The topological polar surface area (TPSA) is 133 Å². The van der Waals surface area contributed by atoms with Crippen LogP contribution in [0, 0.1) is 11.8 Å². The first kappa shape index (κ1) is 63.3. The molecule has 18 atom stereocenters. The third kappa shape index (κ3) is 15.2. The van der Waals surface area contributed by atoms with Crippen LogP contribution in [-0.2, 0) is 46.4 Å². The average Bonchev–Trinajstić information content (AvgIpc) is 4.03. The molecule has 6 fully saturated rings. The van der Waals surface area contributed by atoms with E-state index in [4.69, 9.17) is 46.4 Å². The van der Waals surface area contributed by atoms with E-state index in [1.807, 2.05) is 6.08 Å². The summed E-state index contributed by atoms with van der Waals surface area (Å²) >= 11 is 0. The van der Waals surface area contributed by atoms with Crippen molar-refractivity contribution in [3.05, 3.63) is 49.6 Å². The van der Waals surface area contributed by atoms with Crippen LogP contribution in [0.25, 0.3) is 0 Å². The van der Waals surface area contributed by atoms with E-state index >= 15 is 0 Å². The van der Waals surface area contributed by atoms with Crippen LogP contribution in [0.1, 0.15) is 153 Å². The summed E-state index contributed by atoms with van der Waals surface area (Å²) < 4.78 is 69.6. The zero-order chi connectivity index (χ0) is 54.7. The number of aliphatic hydroxyl groups is 2. The standard InChI is InChI=1S/C60H108O12Si3/c1-16-27-44(61)35-48-53(68-54(57(48)63-15)36-47(71-74(21-6,22-7)23-8)40-64-73(18-3,19-4)20-5)37-52-43(14)41(12)33-45(66-52)29-30-50-42(13)34-46(65-50)31-32-60-39-49(62)58(70-60)55-38-56(69-60)59(51(67-55)28-17-2)72-75(24-9,25-10)26-11/h16-17,41,44-59,61-62H,1-2,13-14,18-40H2,3-12,15H3/t41?,44?,45?,46?,47-,48?,49?,50?,51?,52+,53-,54?,55+,56+,57+,58?,59?,60+/m0/s1.